The van der Waals surface area contributed by atoms with Crippen LogP contribution in [0.15, 0.2) is 53.1 Å². The van der Waals surface area contributed by atoms with Crippen LogP contribution in [0.25, 0.3) is 12.2 Å². The minimum absolute atomic E-state index is 0.332. The number of aromatic nitrogens is 3. The van der Waals surface area contributed by atoms with Gasteiger partial charge in [-0.1, -0.05) is 30.4 Å². The fraction of sp³-hybridized carbons (Fsp3) is 0.304. The van der Waals surface area contributed by atoms with Crippen LogP contribution in [0.1, 0.15) is 23.9 Å². The van der Waals surface area contributed by atoms with Gasteiger partial charge >= 0.3 is 6.18 Å². The number of halogens is 3. The molecule has 0 radical (unpaired) electrons. The first kappa shape index (κ1) is 22.7. The van der Waals surface area contributed by atoms with Crippen LogP contribution in [0, 0.1) is 0 Å². The normalized spacial score (nSPS) is 17.0. The first-order valence-electron chi connectivity index (χ1n) is 10.6. The SMILES string of the molecule is C/C=C/C1=CC(Nc2nc(/C=C/c3cccc(C(F)(F)F)c3)nc(N3CCNCC3)n2)=NC1. The summed E-state index contributed by atoms with van der Waals surface area (Å²) in [5.41, 5.74) is 0.774. The number of nitrogens with zero attached hydrogens (tertiary/aromatic N) is 5. The number of amidine groups is 1. The number of rotatable bonds is 5. The van der Waals surface area contributed by atoms with Crippen molar-refractivity contribution in [1.29, 1.82) is 0 Å². The first-order valence-corrected chi connectivity index (χ1v) is 10.6. The maximum atomic E-state index is 13.0. The van der Waals surface area contributed by atoms with Crippen molar-refractivity contribution in [3.05, 3.63) is 65.0 Å². The highest BCUT2D eigenvalue weighted by atomic mass is 19.4. The third kappa shape index (κ3) is 6.04. The van der Waals surface area contributed by atoms with Crippen molar-refractivity contribution in [2.24, 2.45) is 4.99 Å². The molecular weight excluding hydrogens is 431 g/mol. The van der Waals surface area contributed by atoms with Crippen molar-refractivity contribution >= 4 is 29.9 Å². The van der Waals surface area contributed by atoms with Crippen molar-refractivity contribution in [2.45, 2.75) is 13.1 Å². The van der Waals surface area contributed by atoms with Gasteiger partial charge in [-0.3, -0.25) is 4.99 Å². The molecule has 0 saturated carbocycles. The summed E-state index contributed by atoms with van der Waals surface area (Å²) in [6.45, 7) is 5.63. The topological polar surface area (TPSA) is 78.3 Å². The lowest BCUT2D eigenvalue weighted by Gasteiger charge is -2.27. The highest BCUT2D eigenvalue weighted by Gasteiger charge is 2.30. The molecule has 1 fully saturated rings. The van der Waals surface area contributed by atoms with Crippen molar-refractivity contribution in [3.63, 3.8) is 0 Å². The maximum Gasteiger partial charge on any atom is 0.416 e. The molecule has 2 aliphatic rings. The van der Waals surface area contributed by atoms with Crippen molar-refractivity contribution < 1.29 is 13.2 Å². The Labute approximate surface area is 189 Å². The van der Waals surface area contributed by atoms with Gasteiger partial charge in [-0.2, -0.15) is 28.1 Å². The highest BCUT2D eigenvalue weighted by Crippen LogP contribution is 2.29. The quantitative estimate of drug-likeness (QED) is 0.714. The number of hydrogen-bond donors (Lipinski definition) is 2. The van der Waals surface area contributed by atoms with Gasteiger partial charge in [-0.25, -0.2) is 0 Å². The van der Waals surface area contributed by atoms with Gasteiger partial charge in [-0.05, 0) is 42.3 Å². The molecule has 0 atom stereocenters. The summed E-state index contributed by atoms with van der Waals surface area (Å²) in [6, 6.07) is 5.11. The van der Waals surface area contributed by atoms with Gasteiger partial charge in [0.1, 0.15) is 5.84 Å². The average molecular weight is 455 g/mol. The van der Waals surface area contributed by atoms with Crippen LogP contribution < -0.4 is 15.5 Å². The molecule has 2 N–H and O–H groups in total. The summed E-state index contributed by atoms with van der Waals surface area (Å²) in [5.74, 6) is 1.83. The van der Waals surface area contributed by atoms with Gasteiger partial charge in [0.05, 0.1) is 12.1 Å². The lowest BCUT2D eigenvalue weighted by atomic mass is 10.1. The van der Waals surface area contributed by atoms with Crippen LogP contribution in [0.5, 0.6) is 0 Å². The van der Waals surface area contributed by atoms with E-state index < -0.39 is 11.7 Å². The second-order valence-electron chi connectivity index (χ2n) is 7.56. The molecule has 0 unspecified atom stereocenters. The van der Waals surface area contributed by atoms with E-state index in [1.54, 1.807) is 18.2 Å². The number of anilines is 2. The molecule has 2 aliphatic heterocycles. The van der Waals surface area contributed by atoms with Crippen LogP contribution in [0.3, 0.4) is 0 Å². The van der Waals surface area contributed by atoms with Gasteiger partial charge in [-0.15, -0.1) is 0 Å². The number of nitrogens with one attached hydrogen (secondary N) is 2. The van der Waals surface area contributed by atoms with Crippen LogP contribution in [0.2, 0.25) is 0 Å². The number of allylic oxidation sites excluding steroid dienone is 1. The van der Waals surface area contributed by atoms with E-state index in [0.717, 1.165) is 43.9 Å². The van der Waals surface area contributed by atoms with E-state index >= 15 is 0 Å². The summed E-state index contributed by atoms with van der Waals surface area (Å²) >= 11 is 0. The van der Waals surface area contributed by atoms with Crippen molar-refractivity contribution in [2.75, 3.05) is 42.9 Å². The zero-order valence-corrected chi connectivity index (χ0v) is 18.1. The average Bonchev–Trinajstić information content (AvgIpc) is 3.25. The van der Waals surface area contributed by atoms with E-state index in [-0.39, 0.29) is 0 Å². The Bertz CT molecular complexity index is 1110. The van der Waals surface area contributed by atoms with Crippen LogP contribution in [0.4, 0.5) is 25.1 Å². The summed E-state index contributed by atoms with van der Waals surface area (Å²) in [5, 5.41) is 6.41. The van der Waals surface area contributed by atoms with Crippen LogP contribution in [-0.2, 0) is 6.18 Å². The molecule has 1 aromatic carbocycles. The van der Waals surface area contributed by atoms with Gasteiger partial charge in [0.2, 0.25) is 11.9 Å². The van der Waals surface area contributed by atoms with Gasteiger partial charge in [0.25, 0.3) is 0 Å². The predicted octanol–water partition coefficient (Wildman–Crippen LogP) is 3.80. The lowest BCUT2D eigenvalue weighted by Crippen LogP contribution is -2.44. The van der Waals surface area contributed by atoms with Crippen LogP contribution in [-0.4, -0.2) is 53.5 Å². The molecule has 0 bridgehead atoms. The molecule has 0 spiro atoms. The first-order chi connectivity index (χ1) is 15.9. The Balaban J connectivity index is 1.61. The molecule has 7 nitrogen and oxygen atoms in total. The van der Waals surface area contributed by atoms with Crippen molar-refractivity contribution in [1.82, 2.24) is 20.3 Å². The number of benzene rings is 1. The standard InChI is InChI=1S/C23H24F3N7/c1-2-4-17-14-20(28-15-17)30-21-29-19(31-22(32-21)33-11-9-27-10-12-33)8-7-16-5-3-6-18(13-16)23(24,25)26/h2-8,13-14,27H,9-12,15H2,1H3,(H,28,29,30,31,32)/b4-2+,8-7+. The van der Waals surface area contributed by atoms with Gasteiger partial charge < -0.3 is 15.5 Å². The molecule has 33 heavy (non-hydrogen) atoms. The third-order valence-corrected chi connectivity index (χ3v) is 5.05. The summed E-state index contributed by atoms with van der Waals surface area (Å²) < 4.78 is 39.0. The number of aliphatic imine (C=N–C) groups is 1. The zero-order chi connectivity index (χ0) is 23.3. The largest absolute Gasteiger partial charge is 0.416 e. The van der Waals surface area contributed by atoms with E-state index in [1.165, 1.54) is 6.07 Å². The molecule has 0 aliphatic carbocycles. The molecule has 172 valence electrons. The molecule has 3 heterocycles. The molecule has 2 aromatic rings. The third-order valence-electron chi connectivity index (χ3n) is 5.05. The summed E-state index contributed by atoms with van der Waals surface area (Å²) in [6.07, 6.45) is 4.61. The van der Waals surface area contributed by atoms with Crippen LogP contribution >= 0.6 is 0 Å². The summed E-state index contributed by atoms with van der Waals surface area (Å²) in [7, 11) is 0. The van der Waals surface area contributed by atoms with Crippen molar-refractivity contribution in [3.8, 4) is 0 Å². The Morgan fingerprint density at radius 1 is 1.06 bits per heavy atom. The maximum absolute atomic E-state index is 13.0. The predicted molar refractivity (Wildman–Crippen MR) is 124 cm³/mol. The number of piperazine rings is 1. The monoisotopic (exact) mass is 455 g/mol. The van der Waals surface area contributed by atoms with Gasteiger partial charge in [0, 0.05) is 26.2 Å². The Kier molecular flexibility index (Phi) is 6.83. The molecule has 0 amide bonds. The summed E-state index contributed by atoms with van der Waals surface area (Å²) in [4.78, 5) is 20.0. The second-order valence-corrected chi connectivity index (χ2v) is 7.56. The van der Waals surface area contributed by atoms with E-state index in [1.807, 2.05) is 30.1 Å². The Morgan fingerprint density at radius 2 is 1.88 bits per heavy atom. The number of hydrogen-bond acceptors (Lipinski definition) is 7. The van der Waals surface area contributed by atoms with Gasteiger partial charge in [0.15, 0.2) is 5.82 Å². The van der Waals surface area contributed by atoms with E-state index in [4.69, 9.17) is 0 Å². The zero-order valence-electron chi connectivity index (χ0n) is 18.1. The smallest absolute Gasteiger partial charge is 0.338 e. The fourth-order valence-corrected chi connectivity index (χ4v) is 3.46. The molecule has 4 rings (SSSR count). The minimum atomic E-state index is -4.40. The molecular formula is C23H24F3N7. The second kappa shape index (κ2) is 9.95. The lowest BCUT2D eigenvalue weighted by molar-refractivity contribution is -0.137. The Hall–Kier alpha value is -3.53. The fourth-order valence-electron chi connectivity index (χ4n) is 3.46. The minimum Gasteiger partial charge on any atom is -0.338 e. The van der Waals surface area contributed by atoms with E-state index in [2.05, 4.69) is 30.6 Å². The highest BCUT2D eigenvalue weighted by molar-refractivity contribution is 6.05. The Morgan fingerprint density at radius 3 is 2.64 bits per heavy atom. The molecule has 1 saturated heterocycles. The number of alkyl halides is 3. The van der Waals surface area contributed by atoms with E-state index in [9.17, 15) is 13.2 Å². The molecule has 10 heteroatoms. The molecule has 1 aromatic heterocycles. The van der Waals surface area contributed by atoms with E-state index in [0.29, 0.717) is 35.7 Å².